The van der Waals surface area contributed by atoms with Crippen LogP contribution in [0.1, 0.15) is 11.1 Å². The van der Waals surface area contributed by atoms with Crippen LogP contribution in [-0.2, 0) is 23.7 Å². The van der Waals surface area contributed by atoms with E-state index in [0.717, 1.165) is 20.4 Å². The quantitative estimate of drug-likeness (QED) is 0.545. The van der Waals surface area contributed by atoms with Crippen molar-refractivity contribution in [3.8, 4) is 0 Å². The summed E-state index contributed by atoms with van der Waals surface area (Å²) in [7, 11) is 0. The fourth-order valence-corrected chi connectivity index (χ4v) is 0.637. The number of hydrogen-bond acceptors (Lipinski definition) is 1. The van der Waals surface area contributed by atoms with Crippen LogP contribution in [0.5, 0.6) is 0 Å². The van der Waals surface area contributed by atoms with E-state index in [9.17, 15) is 0 Å². The zero-order valence-electron chi connectivity index (χ0n) is 6.22. The van der Waals surface area contributed by atoms with Gasteiger partial charge in [-0.2, -0.15) is 0 Å². The number of aryl methyl sites for hydroxylation is 2. The molecule has 0 aliphatic rings. The zero-order chi connectivity index (χ0) is 7.98. The van der Waals surface area contributed by atoms with Gasteiger partial charge in [0.1, 0.15) is 0 Å². The first kappa shape index (κ1) is 9.73. The summed E-state index contributed by atoms with van der Waals surface area (Å²) in [5, 5.41) is 0. The second-order valence-corrected chi connectivity index (χ2v) is 2.15. The van der Waals surface area contributed by atoms with Crippen LogP contribution in [0, 0.1) is 13.8 Å². The predicted molar refractivity (Wildman–Crippen MR) is 36.6 cm³/mol. The van der Waals surface area contributed by atoms with Gasteiger partial charge in [0, 0.05) is 0 Å². The molecule has 0 saturated carbocycles. The zero-order valence-corrected chi connectivity index (χ0v) is 7.78. The molecule has 0 aliphatic heterocycles. The van der Waals surface area contributed by atoms with Gasteiger partial charge in [0.25, 0.3) is 0 Å². The third kappa shape index (κ3) is 3.70. The average molecular weight is 170 g/mol. The fourth-order valence-electron chi connectivity index (χ4n) is 0.637. The van der Waals surface area contributed by atoms with Gasteiger partial charge >= 0.3 is 23.7 Å². The molecule has 1 rings (SSSR count). The standard InChI is InChI=1S/C8H10.O.Ti/c1-7-3-5-8(2)6-4-7;;/h3-6H,1-2H3;;. The molecule has 0 amide bonds. The van der Waals surface area contributed by atoms with Crippen molar-refractivity contribution < 1.29 is 23.7 Å². The molecule has 0 fully saturated rings. The molecule has 1 aromatic rings. The maximum absolute atomic E-state index is 8.25. The summed E-state index contributed by atoms with van der Waals surface area (Å²) in [6.07, 6.45) is 0. The van der Waals surface area contributed by atoms with Gasteiger partial charge in [0.05, 0.1) is 0 Å². The molecule has 0 aromatic heterocycles. The molecule has 1 aromatic carbocycles. The Balaban J connectivity index is 0.000000371. The molecular formula is C8H10OTi. The Labute approximate surface area is 73.2 Å². The molecule has 0 saturated heterocycles. The monoisotopic (exact) mass is 170 g/mol. The summed E-state index contributed by atoms with van der Waals surface area (Å²) < 4.78 is 8.25. The molecular weight excluding hydrogens is 160 g/mol. The van der Waals surface area contributed by atoms with Gasteiger partial charge in [-0.05, 0) is 13.8 Å². The van der Waals surface area contributed by atoms with Crippen LogP contribution in [0.3, 0.4) is 0 Å². The van der Waals surface area contributed by atoms with Crippen molar-refractivity contribution in [3.63, 3.8) is 0 Å². The minimum atomic E-state index is 0.750. The molecule has 0 aliphatic carbocycles. The Hall–Kier alpha value is -0.266. The van der Waals surface area contributed by atoms with E-state index in [1.807, 2.05) is 0 Å². The van der Waals surface area contributed by atoms with Crippen molar-refractivity contribution in [2.75, 3.05) is 0 Å². The summed E-state index contributed by atoms with van der Waals surface area (Å²) in [5.74, 6) is 0. The maximum atomic E-state index is 8.25. The van der Waals surface area contributed by atoms with Crippen molar-refractivity contribution >= 4 is 0 Å². The SMILES string of the molecule is Cc1ccc(C)cc1.[O]=[Ti]. The predicted octanol–water partition coefficient (Wildman–Crippen LogP) is 2.18. The molecule has 0 spiro atoms. The van der Waals surface area contributed by atoms with Gasteiger partial charge in [-0.3, -0.25) is 0 Å². The van der Waals surface area contributed by atoms with E-state index < -0.39 is 0 Å². The second-order valence-electron chi connectivity index (χ2n) is 2.15. The van der Waals surface area contributed by atoms with Crippen molar-refractivity contribution in [3.05, 3.63) is 35.4 Å². The fraction of sp³-hybridized carbons (Fsp3) is 0.250. The molecule has 0 N–H and O–H groups in total. The average Bonchev–Trinajstić information content (AvgIpc) is 2.00. The van der Waals surface area contributed by atoms with Crippen molar-refractivity contribution in [1.82, 2.24) is 0 Å². The third-order valence-electron chi connectivity index (χ3n) is 1.22. The first-order valence-corrected chi connectivity index (χ1v) is 3.66. The Bertz CT molecular complexity index is 160. The number of rotatable bonds is 0. The van der Waals surface area contributed by atoms with Crippen molar-refractivity contribution in [1.29, 1.82) is 0 Å². The number of hydrogen-bond donors (Lipinski definition) is 0. The van der Waals surface area contributed by atoms with E-state index in [-0.39, 0.29) is 0 Å². The van der Waals surface area contributed by atoms with Crippen molar-refractivity contribution in [2.24, 2.45) is 0 Å². The van der Waals surface area contributed by atoms with E-state index in [1.165, 1.54) is 11.1 Å². The van der Waals surface area contributed by atoms with Gasteiger partial charge in [-0.15, -0.1) is 0 Å². The summed E-state index contributed by atoms with van der Waals surface area (Å²) in [5.41, 5.74) is 2.66. The van der Waals surface area contributed by atoms with Crippen LogP contribution in [0.2, 0.25) is 0 Å². The molecule has 1 nitrogen and oxygen atoms in total. The summed E-state index contributed by atoms with van der Waals surface area (Å²) in [6.45, 7) is 4.19. The molecule has 10 heavy (non-hydrogen) atoms. The van der Waals surface area contributed by atoms with Gasteiger partial charge < -0.3 is 0 Å². The Morgan fingerprint density at radius 1 is 0.900 bits per heavy atom. The van der Waals surface area contributed by atoms with Crippen LogP contribution >= 0.6 is 0 Å². The van der Waals surface area contributed by atoms with Gasteiger partial charge in [0.2, 0.25) is 0 Å². The Morgan fingerprint density at radius 2 is 1.10 bits per heavy atom. The van der Waals surface area contributed by atoms with E-state index in [4.69, 9.17) is 3.32 Å². The van der Waals surface area contributed by atoms with E-state index >= 15 is 0 Å². The van der Waals surface area contributed by atoms with E-state index in [0.29, 0.717) is 0 Å². The second kappa shape index (κ2) is 5.51. The van der Waals surface area contributed by atoms with Gasteiger partial charge in [0.15, 0.2) is 0 Å². The first-order valence-electron chi connectivity index (χ1n) is 3.03. The van der Waals surface area contributed by atoms with Crippen LogP contribution in [0.25, 0.3) is 0 Å². The first-order chi connectivity index (χ1) is 4.79. The van der Waals surface area contributed by atoms with E-state index in [1.54, 1.807) is 0 Å². The van der Waals surface area contributed by atoms with Crippen LogP contribution in [-0.4, -0.2) is 0 Å². The van der Waals surface area contributed by atoms with E-state index in [2.05, 4.69) is 38.1 Å². The van der Waals surface area contributed by atoms with Gasteiger partial charge in [-0.25, -0.2) is 0 Å². The summed E-state index contributed by atoms with van der Waals surface area (Å²) in [4.78, 5) is 0. The molecule has 0 bridgehead atoms. The minimum absolute atomic E-state index is 0.750. The number of benzene rings is 1. The normalized spacial score (nSPS) is 7.70. The molecule has 0 heterocycles. The summed E-state index contributed by atoms with van der Waals surface area (Å²) >= 11 is 0.750. The Kier molecular flexibility index (Phi) is 5.37. The van der Waals surface area contributed by atoms with Crippen LogP contribution in [0.4, 0.5) is 0 Å². The molecule has 2 heteroatoms. The van der Waals surface area contributed by atoms with Crippen molar-refractivity contribution in [2.45, 2.75) is 13.8 Å². The molecule has 0 unspecified atom stereocenters. The van der Waals surface area contributed by atoms with Gasteiger partial charge in [-0.1, -0.05) is 35.4 Å². The van der Waals surface area contributed by atoms with Crippen LogP contribution < -0.4 is 0 Å². The molecule has 0 radical (unpaired) electrons. The van der Waals surface area contributed by atoms with Crippen LogP contribution in [0.15, 0.2) is 24.3 Å². The summed E-state index contributed by atoms with van der Waals surface area (Å²) in [6, 6.07) is 8.48. The Morgan fingerprint density at radius 3 is 1.30 bits per heavy atom. The molecule has 52 valence electrons. The molecule has 0 atom stereocenters. The third-order valence-corrected chi connectivity index (χ3v) is 1.22. The topological polar surface area (TPSA) is 17.1 Å².